The molecule has 1 aromatic rings. The second-order valence-corrected chi connectivity index (χ2v) is 6.11. The number of aromatic hydroxyl groups is 1. The molecule has 110 valence electrons. The van der Waals surface area contributed by atoms with Crippen molar-refractivity contribution in [3.63, 3.8) is 0 Å². The topological polar surface area (TPSA) is 40.5 Å². The molecule has 0 aliphatic heterocycles. The minimum atomic E-state index is -0.297. The number of Topliss-reactive ketones (excluding diaryl/α,β-unsaturated/α-hetero) is 1. The summed E-state index contributed by atoms with van der Waals surface area (Å²) in [7, 11) is 4.06. The van der Waals surface area contributed by atoms with Gasteiger partial charge in [0, 0.05) is 6.42 Å². The highest BCUT2D eigenvalue weighted by atomic mass is 16.3. The fraction of sp³-hybridized carbons (Fsp3) is 0.588. The normalized spacial score (nSPS) is 18.8. The third kappa shape index (κ3) is 3.21. The second kappa shape index (κ2) is 6.40. The molecule has 1 N–H and O–H groups in total. The van der Waals surface area contributed by atoms with Gasteiger partial charge in [0.1, 0.15) is 5.75 Å². The minimum Gasteiger partial charge on any atom is -0.508 e. The molecule has 1 fully saturated rings. The molecule has 0 saturated heterocycles. The molecule has 20 heavy (non-hydrogen) atoms. The van der Waals surface area contributed by atoms with Gasteiger partial charge in [-0.15, -0.1) is 0 Å². The Kier molecular flexibility index (Phi) is 4.81. The van der Waals surface area contributed by atoms with Crippen LogP contribution in [0, 0.1) is 0 Å². The monoisotopic (exact) mass is 275 g/mol. The Labute approximate surface area is 121 Å². The van der Waals surface area contributed by atoms with E-state index in [-0.39, 0.29) is 11.3 Å². The lowest BCUT2D eigenvalue weighted by molar-refractivity contribution is -0.130. The van der Waals surface area contributed by atoms with Gasteiger partial charge in [-0.2, -0.15) is 0 Å². The maximum absolute atomic E-state index is 12.9. The minimum absolute atomic E-state index is 0.248. The average molecular weight is 275 g/mol. The number of carbonyl (C=O) groups is 1. The Balaban J connectivity index is 2.16. The van der Waals surface area contributed by atoms with E-state index in [0.717, 1.165) is 31.2 Å². The Morgan fingerprint density at radius 3 is 2.15 bits per heavy atom. The molecule has 3 nitrogen and oxygen atoms in total. The number of ketones is 1. The SMILES string of the molecule is CN(C)C1(C(=O)Cc2ccc(O)cc2)CCCCCC1. The third-order valence-corrected chi connectivity index (χ3v) is 4.61. The van der Waals surface area contributed by atoms with Gasteiger partial charge in [0.15, 0.2) is 5.78 Å². The van der Waals surface area contributed by atoms with E-state index in [1.54, 1.807) is 12.1 Å². The number of hydrogen-bond acceptors (Lipinski definition) is 3. The summed E-state index contributed by atoms with van der Waals surface area (Å²) in [6.07, 6.45) is 7.15. The van der Waals surface area contributed by atoms with Crippen molar-refractivity contribution in [3.8, 4) is 5.75 Å². The molecule has 0 unspecified atom stereocenters. The highest BCUT2D eigenvalue weighted by Crippen LogP contribution is 2.33. The summed E-state index contributed by atoms with van der Waals surface area (Å²) in [6, 6.07) is 6.98. The summed E-state index contributed by atoms with van der Waals surface area (Å²) in [5.74, 6) is 0.563. The first-order chi connectivity index (χ1) is 9.54. The number of nitrogens with zero attached hydrogens (tertiary/aromatic N) is 1. The molecule has 1 aromatic carbocycles. The molecule has 3 heteroatoms. The van der Waals surface area contributed by atoms with Crippen LogP contribution in [0.3, 0.4) is 0 Å². The van der Waals surface area contributed by atoms with E-state index >= 15 is 0 Å². The van der Waals surface area contributed by atoms with Crippen LogP contribution in [0.2, 0.25) is 0 Å². The molecule has 0 aromatic heterocycles. The van der Waals surface area contributed by atoms with E-state index in [4.69, 9.17) is 0 Å². The predicted octanol–water partition coefficient (Wildman–Crippen LogP) is 3.16. The largest absolute Gasteiger partial charge is 0.508 e. The van der Waals surface area contributed by atoms with Gasteiger partial charge in [0.25, 0.3) is 0 Å². The zero-order chi connectivity index (χ0) is 14.6. The zero-order valence-electron chi connectivity index (χ0n) is 12.6. The van der Waals surface area contributed by atoms with Crippen LogP contribution >= 0.6 is 0 Å². The molecule has 1 saturated carbocycles. The molecule has 0 heterocycles. The summed E-state index contributed by atoms with van der Waals surface area (Å²) >= 11 is 0. The number of rotatable bonds is 4. The summed E-state index contributed by atoms with van der Waals surface area (Å²) in [5.41, 5.74) is 0.687. The van der Waals surface area contributed by atoms with Crippen LogP contribution in [0.4, 0.5) is 0 Å². The number of carbonyl (C=O) groups excluding carboxylic acids is 1. The van der Waals surface area contributed by atoms with Gasteiger partial charge >= 0.3 is 0 Å². The van der Waals surface area contributed by atoms with Gasteiger partial charge in [-0.05, 0) is 44.6 Å². The van der Waals surface area contributed by atoms with Gasteiger partial charge in [-0.1, -0.05) is 37.8 Å². The van der Waals surface area contributed by atoms with E-state index in [1.807, 2.05) is 26.2 Å². The lowest BCUT2D eigenvalue weighted by Crippen LogP contribution is -2.51. The van der Waals surface area contributed by atoms with Crippen molar-refractivity contribution in [2.45, 2.75) is 50.5 Å². The van der Waals surface area contributed by atoms with Crippen LogP contribution in [0.5, 0.6) is 5.75 Å². The zero-order valence-corrected chi connectivity index (χ0v) is 12.6. The Bertz CT molecular complexity index is 443. The van der Waals surface area contributed by atoms with E-state index in [2.05, 4.69) is 4.90 Å². The number of phenols is 1. The van der Waals surface area contributed by atoms with Gasteiger partial charge in [0.2, 0.25) is 0 Å². The molecular formula is C17H25NO2. The van der Waals surface area contributed by atoms with Crippen LogP contribution in [-0.4, -0.2) is 35.4 Å². The van der Waals surface area contributed by atoms with Gasteiger partial charge in [0.05, 0.1) is 5.54 Å². The van der Waals surface area contributed by atoms with Gasteiger partial charge in [-0.25, -0.2) is 0 Å². The fourth-order valence-corrected chi connectivity index (χ4v) is 3.25. The van der Waals surface area contributed by atoms with Crippen LogP contribution < -0.4 is 0 Å². The molecule has 0 radical (unpaired) electrons. The smallest absolute Gasteiger partial charge is 0.157 e. The van der Waals surface area contributed by atoms with Gasteiger partial charge < -0.3 is 5.11 Å². The van der Waals surface area contributed by atoms with Crippen molar-refractivity contribution in [2.75, 3.05) is 14.1 Å². The summed E-state index contributed by atoms with van der Waals surface area (Å²) in [5, 5.41) is 9.32. The molecule has 0 amide bonds. The first-order valence-electron chi connectivity index (χ1n) is 7.53. The number of likely N-dealkylation sites (N-methyl/N-ethyl adjacent to an activating group) is 1. The number of benzene rings is 1. The lowest BCUT2D eigenvalue weighted by atomic mass is 9.82. The van der Waals surface area contributed by atoms with Crippen molar-refractivity contribution in [3.05, 3.63) is 29.8 Å². The quantitative estimate of drug-likeness (QED) is 0.858. The number of phenolic OH excluding ortho intramolecular Hbond substituents is 1. The molecule has 0 spiro atoms. The molecule has 1 aliphatic carbocycles. The Hall–Kier alpha value is -1.35. The fourth-order valence-electron chi connectivity index (χ4n) is 3.25. The van der Waals surface area contributed by atoms with Crippen LogP contribution in [0.15, 0.2) is 24.3 Å². The average Bonchev–Trinajstić information content (AvgIpc) is 2.68. The van der Waals surface area contributed by atoms with E-state index < -0.39 is 0 Å². The standard InChI is InChI=1S/C17H25NO2/c1-18(2)17(11-5-3-4-6-12-17)16(20)13-14-7-9-15(19)10-8-14/h7-10,19H,3-6,11-13H2,1-2H3. The molecule has 2 rings (SSSR count). The van der Waals surface area contributed by atoms with Crippen molar-refractivity contribution < 1.29 is 9.90 Å². The molecule has 0 atom stereocenters. The van der Waals surface area contributed by atoms with Gasteiger partial charge in [-0.3, -0.25) is 9.69 Å². The molecule has 0 bridgehead atoms. The van der Waals surface area contributed by atoms with E-state index in [1.165, 1.54) is 12.8 Å². The number of hydrogen-bond donors (Lipinski definition) is 1. The maximum Gasteiger partial charge on any atom is 0.157 e. The van der Waals surface area contributed by atoms with E-state index in [0.29, 0.717) is 12.2 Å². The van der Waals surface area contributed by atoms with Crippen LogP contribution in [0.25, 0.3) is 0 Å². The molecular weight excluding hydrogens is 250 g/mol. The molecule has 1 aliphatic rings. The lowest BCUT2D eigenvalue weighted by Gasteiger charge is -2.38. The van der Waals surface area contributed by atoms with Crippen molar-refractivity contribution in [2.24, 2.45) is 0 Å². The van der Waals surface area contributed by atoms with Crippen molar-refractivity contribution in [1.82, 2.24) is 4.90 Å². The first-order valence-corrected chi connectivity index (χ1v) is 7.53. The second-order valence-electron chi connectivity index (χ2n) is 6.11. The Morgan fingerprint density at radius 2 is 1.65 bits per heavy atom. The van der Waals surface area contributed by atoms with E-state index in [9.17, 15) is 9.90 Å². The predicted molar refractivity (Wildman–Crippen MR) is 80.9 cm³/mol. The Morgan fingerprint density at radius 1 is 1.10 bits per heavy atom. The highest BCUT2D eigenvalue weighted by molar-refractivity contribution is 5.90. The third-order valence-electron chi connectivity index (χ3n) is 4.61. The summed E-state index contributed by atoms with van der Waals surface area (Å²) in [6.45, 7) is 0. The highest BCUT2D eigenvalue weighted by Gasteiger charge is 2.39. The summed E-state index contributed by atoms with van der Waals surface area (Å²) in [4.78, 5) is 15.0. The van der Waals surface area contributed by atoms with Crippen molar-refractivity contribution >= 4 is 5.78 Å². The summed E-state index contributed by atoms with van der Waals surface area (Å²) < 4.78 is 0. The van der Waals surface area contributed by atoms with Crippen LogP contribution in [-0.2, 0) is 11.2 Å². The maximum atomic E-state index is 12.9. The van der Waals surface area contributed by atoms with Crippen LogP contribution in [0.1, 0.15) is 44.1 Å². The first kappa shape index (κ1) is 15.0. The van der Waals surface area contributed by atoms with Crippen molar-refractivity contribution in [1.29, 1.82) is 0 Å².